The van der Waals surface area contributed by atoms with Crippen molar-refractivity contribution in [3.8, 4) is 0 Å². The second kappa shape index (κ2) is 10.2. The summed E-state index contributed by atoms with van der Waals surface area (Å²) < 4.78 is 27.2. The molecule has 2 aromatic rings. The molecule has 0 aliphatic carbocycles. The number of rotatable bonds is 8. The number of sulfonamides is 1. The number of carbonyl (C=O) groups excluding carboxylic acids is 1. The molecule has 2 atom stereocenters. The molecule has 0 radical (unpaired) electrons. The summed E-state index contributed by atoms with van der Waals surface area (Å²) in [4.78, 5) is 22.9. The normalized spacial score (nSPS) is 16.8. The van der Waals surface area contributed by atoms with Crippen molar-refractivity contribution >= 4 is 21.6 Å². The molecular weight excluding hydrogens is 438 g/mol. The number of aliphatic hydroxyl groups is 2. The number of hydrogen-bond donors (Lipinski definition) is 3. The first-order valence-electron chi connectivity index (χ1n) is 10.2. The summed E-state index contributed by atoms with van der Waals surface area (Å²) in [7, 11) is -3.72. The van der Waals surface area contributed by atoms with Gasteiger partial charge < -0.3 is 15.5 Å². The van der Waals surface area contributed by atoms with E-state index in [0.717, 1.165) is 19.3 Å². The van der Waals surface area contributed by atoms with Crippen molar-refractivity contribution in [1.82, 2.24) is 9.62 Å². The Balaban J connectivity index is 1.75. The van der Waals surface area contributed by atoms with Crippen LogP contribution in [-0.4, -0.2) is 59.5 Å². The van der Waals surface area contributed by atoms with Gasteiger partial charge in [-0.05, 0) is 48.7 Å². The Morgan fingerprint density at radius 2 is 1.78 bits per heavy atom. The molecule has 2 aromatic carbocycles. The standard InChI is InChI=1S/C21H25N3O7S/c25-14-19(20(26)15-7-9-17(10-8-15)24(28)29)22-21(27)16-5-4-6-18(13-16)32(30,31)23-11-2-1-3-12-23/h4-10,13,19-20,25-26H,1-3,11-12,14H2,(H,22,27)/t19-,20-/m0/s1. The molecule has 3 rings (SSSR count). The molecule has 1 heterocycles. The zero-order valence-corrected chi connectivity index (χ0v) is 18.1. The molecule has 1 amide bonds. The van der Waals surface area contributed by atoms with Gasteiger partial charge in [-0.1, -0.05) is 12.5 Å². The Bertz CT molecular complexity index is 1070. The first kappa shape index (κ1) is 23.8. The number of nitrogens with zero attached hydrogens (tertiary/aromatic N) is 2. The molecule has 1 aliphatic rings. The van der Waals surface area contributed by atoms with E-state index in [1.807, 2.05) is 0 Å². The first-order valence-corrected chi connectivity index (χ1v) is 11.6. The Morgan fingerprint density at radius 1 is 1.12 bits per heavy atom. The largest absolute Gasteiger partial charge is 0.394 e. The van der Waals surface area contributed by atoms with Gasteiger partial charge in [0.15, 0.2) is 0 Å². The van der Waals surface area contributed by atoms with E-state index < -0.39 is 39.6 Å². The third-order valence-corrected chi connectivity index (χ3v) is 7.28. The summed E-state index contributed by atoms with van der Waals surface area (Å²) in [5, 5.41) is 33.4. The summed E-state index contributed by atoms with van der Waals surface area (Å²) in [6.07, 6.45) is 1.23. The number of hydrogen-bond acceptors (Lipinski definition) is 7. The van der Waals surface area contributed by atoms with Gasteiger partial charge in [-0.15, -0.1) is 0 Å². The van der Waals surface area contributed by atoms with Crippen LogP contribution in [0.15, 0.2) is 53.4 Å². The number of non-ortho nitro benzene ring substituents is 1. The number of aliphatic hydroxyl groups excluding tert-OH is 2. The van der Waals surface area contributed by atoms with Crippen LogP contribution in [0.3, 0.4) is 0 Å². The van der Waals surface area contributed by atoms with Gasteiger partial charge in [-0.25, -0.2) is 8.42 Å². The highest BCUT2D eigenvalue weighted by Gasteiger charge is 2.28. The minimum Gasteiger partial charge on any atom is -0.394 e. The van der Waals surface area contributed by atoms with Crippen LogP contribution in [-0.2, 0) is 10.0 Å². The Labute approximate surface area is 185 Å². The Kier molecular flexibility index (Phi) is 7.56. The lowest BCUT2D eigenvalue weighted by molar-refractivity contribution is -0.384. The fourth-order valence-electron chi connectivity index (χ4n) is 3.55. The van der Waals surface area contributed by atoms with Crippen molar-refractivity contribution in [3.63, 3.8) is 0 Å². The van der Waals surface area contributed by atoms with Gasteiger partial charge in [0.05, 0.1) is 22.5 Å². The molecule has 0 unspecified atom stereocenters. The molecular formula is C21H25N3O7S. The fourth-order valence-corrected chi connectivity index (χ4v) is 5.12. The lowest BCUT2D eigenvalue weighted by Gasteiger charge is -2.26. The zero-order chi connectivity index (χ0) is 23.3. The van der Waals surface area contributed by atoms with Crippen molar-refractivity contribution < 1.29 is 28.3 Å². The predicted molar refractivity (Wildman–Crippen MR) is 115 cm³/mol. The average Bonchev–Trinajstić information content (AvgIpc) is 2.82. The van der Waals surface area contributed by atoms with Crippen LogP contribution in [0.1, 0.15) is 41.3 Å². The number of piperidine rings is 1. The smallest absolute Gasteiger partial charge is 0.269 e. The predicted octanol–water partition coefficient (Wildman–Crippen LogP) is 1.59. The molecule has 3 N–H and O–H groups in total. The number of nitro benzene ring substituents is 1. The van der Waals surface area contributed by atoms with Gasteiger partial charge in [-0.3, -0.25) is 14.9 Å². The molecule has 1 saturated heterocycles. The summed E-state index contributed by atoms with van der Waals surface area (Å²) in [6.45, 7) is 0.273. The summed E-state index contributed by atoms with van der Waals surface area (Å²) >= 11 is 0. The Morgan fingerprint density at radius 3 is 2.38 bits per heavy atom. The van der Waals surface area contributed by atoms with Gasteiger partial charge in [-0.2, -0.15) is 4.31 Å². The van der Waals surface area contributed by atoms with Crippen LogP contribution in [0.4, 0.5) is 5.69 Å². The second-order valence-electron chi connectivity index (χ2n) is 7.55. The maximum absolute atomic E-state index is 12.9. The molecule has 0 bridgehead atoms. The highest BCUT2D eigenvalue weighted by atomic mass is 32.2. The van der Waals surface area contributed by atoms with Crippen LogP contribution in [0.25, 0.3) is 0 Å². The van der Waals surface area contributed by atoms with Crippen molar-refractivity contribution in [2.75, 3.05) is 19.7 Å². The molecule has 11 heteroatoms. The number of benzene rings is 2. The van der Waals surface area contributed by atoms with Crippen LogP contribution < -0.4 is 5.32 Å². The van der Waals surface area contributed by atoms with Crippen LogP contribution in [0, 0.1) is 10.1 Å². The third kappa shape index (κ3) is 5.30. The van der Waals surface area contributed by atoms with Gasteiger partial charge in [0, 0.05) is 30.8 Å². The molecule has 0 saturated carbocycles. The third-order valence-electron chi connectivity index (χ3n) is 5.39. The van der Waals surface area contributed by atoms with Crippen molar-refractivity contribution in [3.05, 3.63) is 69.8 Å². The van der Waals surface area contributed by atoms with E-state index in [4.69, 9.17) is 0 Å². The average molecular weight is 464 g/mol. The zero-order valence-electron chi connectivity index (χ0n) is 17.3. The Hall–Kier alpha value is -2.86. The van der Waals surface area contributed by atoms with E-state index in [1.165, 1.54) is 52.8 Å². The SMILES string of the molecule is O=C(N[C@@H](CO)[C@@H](O)c1ccc([N+](=O)[O-])cc1)c1cccc(S(=O)(=O)N2CCCCC2)c1. The number of nitro groups is 1. The van der Waals surface area contributed by atoms with Crippen LogP contribution in [0.2, 0.25) is 0 Å². The summed E-state index contributed by atoms with van der Waals surface area (Å²) in [6, 6.07) is 9.60. The molecule has 32 heavy (non-hydrogen) atoms. The monoisotopic (exact) mass is 463 g/mol. The van der Waals surface area contributed by atoms with Crippen LogP contribution in [0.5, 0.6) is 0 Å². The van der Waals surface area contributed by atoms with E-state index in [2.05, 4.69) is 5.32 Å². The molecule has 0 spiro atoms. The van der Waals surface area contributed by atoms with E-state index in [9.17, 15) is 33.5 Å². The summed E-state index contributed by atoms with van der Waals surface area (Å²) in [5.74, 6) is -0.666. The van der Waals surface area contributed by atoms with E-state index in [-0.39, 0.29) is 21.7 Å². The number of amides is 1. The maximum atomic E-state index is 12.9. The molecule has 10 nitrogen and oxygen atoms in total. The van der Waals surface area contributed by atoms with Crippen molar-refractivity contribution in [2.24, 2.45) is 0 Å². The van der Waals surface area contributed by atoms with Crippen LogP contribution >= 0.6 is 0 Å². The number of nitrogens with one attached hydrogen (secondary N) is 1. The van der Waals surface area contributed by atoms with E-state index >= 15 is 0 Å². The molecule has 172 valence electrons. The minimum atomic E-state index is -3.72. The minimum absolute atomic E-state index is 0.00326. The first-order chi connectivity index (χ1) is 15.2. The lowest BCUT2D eigenvalue weighted by Crippen LogP contribution is -2.42. The highest BCUT2D eigenvalue weighted by molar-refractivity contribution is 7.89. The number of carbonyl (C=O) groups is 1. The van der Waals surface area contributed by atoms with Gasteiger partial charge in [0.2, 0.25) is 10.0 Å². The van der Waals surface area contributed by atoms with E-state index in [0.29, 0.717) is 13.1 Å². The fraction of sp³-hybridized carbons (Fsp3) is 0.381. The summed E-state index contributed by atoms with van der Waals surface area (Å²) in [5.41, 5.74) is 0.186. The highest BCUT2D eigenvalue weighted by Crippen LogP contribution is 2.23. The molecule has 1 fully saturated rings. The van der Waals surface area contributed by atoms with Crippen molar-refractivity contribution in [1.29, 1.82) is 0 Å². The lowest BCUT2D eigenvalue weighted by atomic mass is 10.0. The second-order valence-corrected chi connectivity index (χ2v) is 9.49. The van der Waals surface area contributed by atoms with Crippen molar-refractivity contribution in [2.45, 2.75) is 36.3 Å². The van der Waals surface area contributed by atoms with Gasteiger partial charge in [0.1, 0.15) is 6.10 Å². The maximum Gasteiger partial charge on any atom is 0.269 e. The van der Waals surface area contributed by atoms with Gasteiger partial charge >= 0.3 is 0 Å². The van der Waals surface area contributed by atoms with E-state index in [1.54, 1.807) is 0 Å². The molecule has 0 aromatic heterocycles. The molecule has 1 aliphatic heterocycles. The topological polar surface area (TPSA) is 150 Å². The van der Waals surface area contributed by atoms with Gasteiger partial charge in [0.25, 0.3) is 11.6 Å². The quantitative estimate of drug-likeness (QED) is 0.397.